The van der Waals surface area contributed by atoms with E-state index in [0.29, 0.717) is 5.75 Å². The summed E-state index contributed by atoms with van der Waals surface area (Å²) in [5.41, 5.74) is 5.65. The average Bonchev–Trinajstić information content (AvgIpc) is 2.30. The van der Waals surface area contributed by atoms with Crippen molar-refractivity contribution in [1.29, 1.82) is 0 Å². The number of hydrogen-bond donors (Lipinski definition) is 2. The summed E-state index contributed by atoms with van der Waals surface area (Å²) in [6, 6.07) is 12.2. The van der Waals surface area contributed by atoms with E-state index in [9.17, 15) is 5.11 Å². The third kappa shape index (κ3) is 3.28. The molecule has 0 radical (unpaired) electrons. The van der Waals surface area contributed by atoms with Crippen molar-refractivity contribution >= 4 is 5.69 Å². The van der Waals surface area contributed by atoms with E-state index in [4.69, 9.17) is 0 Å². The predicted octanol–water partition coefficient (Wildman–Crippen LogP) is 4.49. The number of aromatic hydroxyl groups is 1. The van der Waals surface area contributed by atoms with Crippen molar-refractivity contribution in [3.63, 3.8) is 0 Å². The van der Waals surface area contributed by atoms with Crippen molar-refractivity contribution in [1.82, 2.24) is 0 Å². The molecule has 2 nitrogen and oxygen atoms in total. The third-order valence-electron chi connectivity index (χ3n) is 3.25. The van der Waals surface area contributed by atoms with Gasteiger partial charge in [-0.2, -0.15) is 0 Å². The molecule has 0 spiro atoms. The molecule has 100 valence electrons. The Morgan fingerprint density at radius 1 is 0.895 bits per heavy atom. The largest absolute Gasteiger partial charge is 0.508 e. The minimum Gasteiger partial charge on any atom is -0.508 e. The number of phenols is 1. The maximum absolute atomic E-state index is 9.95. The Morgan fingerprint density at radius 3 is 2.16 bits per heavy atom. The Balaban J connectivity index is 2.25. The molecule has 0 amide bonds. The second-order valence-electron chi connectivity index (χ2n) is 5.30. The van der Waals surface area contributed by atoms with E-state index in [-0.39, 0.29) is 6.04 Å². The van der Waals surface area contributed by atoms with Gasteiger partial charge in [0, 0.05) is 11.3 Å². The van der Waals surface area contributed by atoms with Gasteiger partial charge in [-0.25, -0.2) is 0 Å². The zero-order chi connectivity index (χ0) is 14.0. The van der Waals surface area contributed by atoms with E-state index in [1.165, 1.54) is 11.1 Å². The molecule has 0 aliphatic heterocycles. The fourth-order valence-electron chi connectivity index (χ4n) is 2.41. The average molecular weight is 255 g/mol. The van der Waals surface area contributed by atoms with Crippen LogP contribution in [-0.4, -0.2) is 5.11 Å². The number of anilines is 1. The van der Waals surface area contributed by atoms with Crippen molar-refractivity contribution in [3.8, 4) is 5.75 Å². The fourth-order valence-corrected chi connectivity index (χ4v) is 2.41. The molecule has 0 aliphatic rings. The minimum absolute atomic E-state index is 0.0705. The maximum Gasteiger partial charge on any atom is 0.120 e. The Labute approximate surface area is 115 Å². The zero-order valence-electron chi connectivity index (χ0n) is 12.0. The first-order valence-corrected chi connectivity index (χ1v) is 6.60. The quantitative estimate of drug-likeness (QED) is 0.847. The van der Waals surface area contributed by atoms with Crippen LogP contribution < -0.4 is 5.32 Å². The second kappa shape index (κ2) is 5.35. The molecule has 0 aromatic heterocycles. The summed E-state index contributed by atoms with van der Waals surface area (Å²) in [5, 5.41) is 13.4. The van der Waals surface area contributed by atoms with Crippen molar-refractivity contribution in [2.45, 2.75) is 33.7 Å². The Hall–Kier alpha value is -1.96. The molecule has 0 saturated carbocycles. The third-order valence-corrected chi connectivity index (χ3v) is 3.25. The maximum atomic E-state index is 9.95. The lowest BCUT2D eigenvalue weighted by Crippen LogP contribution is -2.07. The summed E-state index contributed by atoms with van der Waals surface area (Å²) in [6.45, 7) is 8.28. The van der Waals surface area contributed by atoms with E-state index in [1.54, 1.807) is 6.07 Å². The van der Waals surface area contributed by atoms with Crippen LogP contribution in [-0.2, 0) is 0 Å². The molecule has 2 N–H and O–H groups in total. The van der Waals surface area contributed by atoms with Crippen LogP contribution in [0.2, 0.25) is 0 Å². The number of hydrogen-bond acceptors (Lipinski definition) is 2. The molecule has 0 fully saturated rings. The van der Waals surface area contributed by atoms with Gasteiger partial charge in [0.15, 0.2) is 0 Å². The summed E-state index contributed by atoms with van der Waals surface area (Å²) < 4.78 is 0. The van der Waals surface area contributed by atoms with Gasteiger partial charge in [-0.05, 0) is 57.0 Å². The van der Waals surface area contributed by atoms with Crippen LogP contribution in [0.3, 0.4) is 0 Å². The van der Waals surface area contributed by atoms with Crippen LogP contribution in [0.15, 0.2) is 36.4 Å². The Kier molecular flexibility index (Phi) is 3.79. The first-order valence-electron chi connectivity index (χ1n) is 6.60. The normalized spacial score (nSPS) is 12.2. The van der Waals surface area contributed by atoms with Crippen LogP contribution in [0.4, 0.5) is 5.69 Å². The molecule has 1 atom stereocenters. The summed E-state index contributed by atoms with van der Waals surface area (Å²) in [6.07, 6.45) is 0. The van der Waals surface area contributed by atoms with E-state index in [2.05, 4.69) is 44.3 Å². The summed E-state index contributed by atoms with van der Waals surface area (Å²) in [7, 11) is 0. The summed E-state index contributed by atoms with van der Waals surface area (Å²) in [4.78, 5) is 0. The van der Waals surface area contributed by atoms with E-state index < -0.39 is 0 Å². The van der Waals surface area contributed by atoms with Gasteiger partial charge in [0.05, 0.1) is 6.04 Å². The van der Waals surface area contributed by atoms with Crippen LogP contribution >= 0.6 is 0 Å². The topological polar surface area (TPSA) is 32.3 Å². The van der Waals surface area contributed by atoms with Crippen LogP contribution in [0.1, 0.15) is 35.2 Å². The highest BCUT2D eigenvalue weighted by Gasteiger charge is 2.10. The first kappa shape index (κ1) is 13.5. The highest BCUT2D eigenvalue weighted by Crippen LogP contribution is 2.28. The standard InChI is InChI=1S/C17H21NO/c1-11-5-6-17(19)16(10-11)14(4)18-15-8-12(2)7-13(3)9-15/h5-10,14,18-19H,1-4H3. The van der Waals surface area contributed by atoms with Gasteiger partial charge in [-0.1, -0.05) is 23.8 Å². The molecule has 0 aliphatic carbocycles. The zero-order valence-corrected chi connectivity index (χ0v) is 12.0. The van der Waals surface area contributed by atoms with Gasteiger partial charge in [-0.3, -0.25) is 0 Å². The van der Waals surface area contributed by atoms with Crippen LogP contribution in [0.5, 0.6) is 5.75 Å². The molecule has 2 aromatic carbocycles. The molecule has 2 aromatic rings. The van der Waals surface area contributed by atoms with Gasteiger partial charge < -0.3 is 10.4 Å². The van der Waals surface area contributed by atoms with Gasteiger partial charge in [0.25, 0.3) is 0 Å². The predicted molar refractivity (Wildman–Crippen MR) is 80.8 cm³/mol. The van der Waals surface area contributed by atoms with Gasteiger partial charge in [0.1, 0.15) is 5.75 Å². The van der Waals surface area contributed by atoms with E-state index in [1.807, 2.05) is 19.1 Å². The molecular weight excluding hydrogens is 234 g/mol. The highest BCUT2D eigenvalue weighted by molar-refractivity contribution is 5.51. The number of nitrogens with one attached hydrogen (secondary N) is 1. The Bertz CT molecular complexity index is 570. The van der Waals surface area contributed by atoms with Crippen LogP contribution in [0.25, 0.3) is 0 Å². The molecule has 0 saturated heterocycles. The Morgan fingerprint density at radius 2 is 1.53 bits per heavy atom. The molecule has 1 unspecified atom stereocenters. The summed E-state index contributed by atoms with van der Waals surface area (Å²) >= 11 is 0. The van der Waals surface area contributed by atoms with Gasteiger partial charge >= 0.3 is 0 Å². The molecule has 2 heteroatoms. The monoisotopic (exact) mass is 255 g/mol. The number of aryl methyl sites for hydroxylation is 3. The van der Waals surface area contributed by atoms with Gasteiger partial charge in [-0.15, -0.1) is 0 Å². The molecular formula is C17H21NO. The van der Waals surface area contributed by atoms with Gasteiger partial charge in [0.2, 0.25) is 0 Å². The van der Waals surface area contributed by atoms with Crippen molar-refractivity contribution in [2.75, 3.05) is 5.32 Å². The molecule has 2 rings (SSSR count). The lowest BCUT2D eigenvalue weighted by atomic mass is 10.0. The highest BCUT2D eigenvalue weighted by atomic mass is 16.3. The SMILES string of the molecule is Cc1cc(C)cc(NC(C)c2cc(C)ccc2O)c1. The van der Waals surface area contributed by atoms with Crippen LogP contribution in [0, 0.1) is 20.8 Å². The smallest absolute Gasteiger partial charge is 0.120 e. The lowest BCUT2D eigenvalue weighted by Gasteiger charge is -2.18. The van der Waals surface area contributed by atoms with E-state index in [0.717, 1.165) is 16.8 Å². The first-order chi connectivity index (χ1) is 8.95. The van der Waals surface area contributed by atoms with Crippen molar-refractivity contribution in [3.05, 3.63) is 58.7 Å². The van der Waals surface area contributed by atoms with E-state index >= 15 is 0 Å². The second-order valence-corrected chi connectivity index (χ2v) is 5.30. The molecule has 0 bridgehead atoms. The number of rotatable bonds is 3. The molecule has 0 heterocycles. The fraction of sp³-hybridized carbons (Fsp3) is 0.294. The molecule has 19 heavy (non-hydrogen) atoms. The number of benzene rings is 2. The minimum atomic E-state index is 0.0705. The summed E-state index contributed by atoms with van der Waals surface area (Å²) in [5.74, 6) is 0.343. The lowest BCUT2D eigenvalue weighted by molar-refractivity contribution is 0.465. The number of phenolic OH excluding ortho intramolecular Hbond substituents is 1. The van der Waals surface area contributed by atoms with Crippen molar-refractivity contribution in [2.24, 2.45) is 0 Å². The van der Waals surface area contributed by atoms with Crippen molar-refractivity contribution < 1.29 is 5.11 Å².